The molecule has 0 atom stereocenters. The van der Waals surface area contributed by atoms with Gasteiger partial charge in [-0.15, -0.1) is 0 Å². The second-order valence-electron chi connectivity index (χ2n) is 4.22. The molecule has 1 aromatic heterocycles. The Morgan fingerprint density at radius 3 is 2.78 bits per heavy atom. The van der Waals surface area contributed by atoms with Crippen LogP contribution in [0.2, 0.25) is 0 Å². The SMILES string of the molecule is O=C(c1ccncc1)N1CCc2cc(Br)ccc21. The lowest BCUT2D eigenvalue weighted by Gasteiger charge is -2.17. The van der Waals surface area contributed by atoms with Gasteiger partial charge in [0.15, 0.2) is 0 Å². The molecule has 0 N–H and O–H groups in total. The Hall–Kier alpha value is -1.68. The fourth-order valence-corrected chi connectivity index (χ4v) is 2.64. The fourth-order valence-electron chi connectivity index (χ4n) is 2.23. The highest BCUT2D eigenvalue weighted by atomic mass is 79.9. The van der Waals surface area contributed by atoms with Gasteiger partial charge in [-0.1, -0.05) is 15.9 Å². The van der Waals surface area contributed by atoms with Crippen molar-refractivity contribution in [2.24, 2.45) is 0 Å². The molecule has 0 saturated heterocycles. The van der Waals surface area contributed by atoms with Crippen LogP contribution in [-0.4, -0.2) is 17.4 Å². The quantitative estimate of drug-likeness (QED) is 0.811. The minimum absolute atomic E-state index is 0.0403. The topological polar surface area (TPSA) is 33.2 Å². The summed E-state index contributed by atoms with van der Waals surface area (Å²) in [4.78, 5) is 18.1. The lowest BCUT2D eigenvalue weighted by atomic mass is 10.2. The minimum atomic E-state index is 0.0403. The number of halogens is 1. The number of fused-ring (bicyclic) bond motifs is 1. The number of nitrogens with zero attached hydrogens (tertiary/aromatic N) is 2. The van der Waals surface area contributed by atoms with Gasteiger partial charge in [-0.3, -0.25) is 9.78 Å². The molecular formula is C14H11BrN2O. The van der Waals surface area contributed by atoms with E-state index in [4.69, 9.17) is 0 Å². The maximum Gasteiger partial charge on any atom is 0.258 e. The van der Waals surface area contributed by atoms with E-state index in [0.717, 1.165) is 23.1 Å². The number of hydrogen-bond acceptors (Lipinski definition) is 2. The standard InChI is InChI=1S/C14H11BrN2O/c15-12-1-2-13-11(9-12)5-8-17(13)14(18)10-3-6-16-7-4-10/h1-4,6-7,9H,5,8H2. The van der Waals surface area contributed by atoms with Crippen molar-refractivity contribution in [2.75, 3.05) is 11.4 Å². The smallest absolute Gasteiger partial charge is 0.258 e. The number of carbonyl (C=O) groups excluding carboxylic acids is 1. The Morgan fingerprint density at radius 2 is 2.00 bits per heavy atom. The van der Waals surface area contributed by atoms with E-state index < -0.39 is 0 Å². The zero-order valence-electron chi connectivity index (χ0n) is 9.64. The van der Waals surface area contributed by atoms with Gasteiger partial charge in [0.1, 0.15) is 0 Å². The van der Waals surface area contributed by atoms with Crippen LogP contribution in [0.15, 0.2) is 47.2 Å². The van der Waals surface area contributed by atoms with Gasteiger partial charge < -0.3 is 4.90 Å². The molecule has 0 fully saturated rings. The summed E-state index contributed by atoms with van der Waals surface area (Å²) in [5.74, 6) is 0.0403. The Kier molecular flexibility index (Phi) is 2.88. The molecule has 18 heavy (non-hydrogen) atoms. The normalized spacial score (nSPS) is 13.5. The molecular weight excluding hydrogens is 292 g/mol. The van der Waals surface area contributed by atoms with Gasteiger partial charge in [0, 0.05) is 34.7 Å². The Morgan fingerprint density at radius 1 is 1.22 bits per heavy atom. The number of benzene rings is 1. The molecule has 3 nitrogen and oxygen atoms in total. The van der Waals surface area contributed by atoms with E-state index in [-0.39, 0.29) is 5.91 Å². The largest absolute Gasteiger partial charge is 0.308 e. The fraction of sp³-hybridized carbons (Fsp3) is 0.143. The zero-order chi connectivity index (χ0) is 12.5. The number of aromatic nitrogens is 1. The molecule has 0 aliphatic carbocycles. The van der Waals surface area contributed by atoms with Gasteiger partial charge in [0.05, 0.1) is 0 Å². The third-order valence-corrected chi connectivity index (χ3v) is 3.60. The highest BCUT2D eigenvalue weighted by Crippen LogP contribution is 2.31. The van der Waals surface area contributed by atoms with Crippen molar-refractivity contribution in [2.45, 2.75) is 6.42 Å². The van der Waals surface area contributed by atoms with E-state index in [1.807, 2.05) is 17.0 Å². The van der Waals surface area contributed by atoms with Crippen LogP contribution in [0.3, 0.4) is 0 Å². The van der Waals surface area contributed by atoms with Crippen LogP contribution in [0, 0.1) is 0 Å². The Bertz CT molecular complexity index is 598. The molecule has 0 unspecified atom stereocenters. The van der Waals surface area contributed by atoms with Gasteiger partial charge >= 0.3 is 0 Å². The highest BCUT2D eigenvalue weighted by Gasteiger charge is 2.25. The molecule has 0 radical (unpaired) electrons. The monoisotopic (exact) mass is 302 g/mol. The van der Waals surface area contributed by atoms with Crippen molar-refractivity contribution >= 4 is 27.5 Å². The zero-order valence-corrected chi connectivity index (χ0v) is 11.2. The summed E-state index contributed by atoms with van der Waals surface area (Å²) in [6.07, 6.45) is 4.20. The number of amides is 1. The van der Waals surface area contributed by atoms with Crippen LogP contribution in [0.1, 0.15) is 15.9 Å². The first-order valence-electron chi connectivity index (χ1n) is 5.76. The first-order valence-corrected chi connectivity index (χ1v) is 6.55. The highest BCUT2D eigenvalue weighted by molar-refractivity contribution is 9.10. The molecule has 0 bridgehead atoms. The maximum atomic E-state index is 12.4. The number of anilines is 1. The molecule has 0 spiro atoms. The van der Waals surface area contributed by atoms with Gasteiger partial charge in [-0.05, 0) is 42.3 Å². The minimum Gasteiger partial charge on any atom is -0.308 e. The van der Waals surface area contributed by atoms with E-state index in [1.54, 1.807) is 24.5 Å². The summed E-state index contributed by atoms with van der Waals surface area (Å²) in [7, 11) is 0. The van der Waals surface area contributed by atoms with Crippen LogP contribution in [0.4, 0.5) is 5.69 Å². The predicted molar refractivity (Wildman–Crippen MR) is 73.8 cm³/mol. The van der Waals surface area contributed by atoms with E-state index in [2.05, 4.69) is 27.0 Å². The first kappa shape index (κ1) is 11.4. The summed E-state index contributed by atoms with van der Waals surface area (Å²) < 4.78 is 1.06. The Labute approximate surface area is 114 Å². The third kappa shape index (κ3) is 1.93. The molecule has 4 heteroatoms. The van der Waals surface area contributed by atoms with Crippen molar-refractivity contribution in [3.63, 3.8) is 0 Å². The van der Waals surface area contributed by atoms with Gasteiger partial charge in [0.25, 0.3) is 5.91 Å². The van der Waals surface area contributed by atoms with Crippen LogP contribution in [-0.2, 0) is 6.42 Å². The molecule has 2 heterocycles. The lowest BCUT2D eigenvalue weighted by Crippen LogP contribution is -2.28. The van der Waals surface area contributed by atoms with E-state index in [9.17, 15) is 4.79 Å². The van der Waals surface area contributed by atoms with Crippen LogP contribution < -0.4 is 4.90 Å². The average Bonchev–Trinajstić information content (AvgIpc) is 2.81. The molecule has 1 aromatic carbocycles. The molecule has 3 rings (SSSR count). The maximum absolute atomic E-state index is 12.4. The van der Waals surface area contributed by atoms with Crippen LogP contribution >= 0.6 is 15.9 Å². The molecule has 1 aliphatic rings. The average molecular weight is 303 g/mol. The molecule has 2 aromatic rings. The van der Waals surface area contributed by atoms with Crippen molar-refractivity contribution in [1.82, 2.24) is 4.98 Å². The van der Waals surface area contributed by atoms with E-state index in [1.165, 1.54) is 5.56 Å². The number of pyridine rings is 1. The molecule has 90 valence electrons. The second-order valence-corrected chi connectivity index (χ2v) is 5.13. The summed E-state index contributed by atoms with van der Waals surface area (Å²) in [6.45, 7) is 0.743. The van der Waals surface area contributed by atoms with E-state index >= 15 is 0 Å². The van der Waals surface area contributed by atoms with Crippen molar-refractivity contribution < 1.29 is 4.79 Å². The number of rotatable bonds is 1. The van der Waals surface area contributed by atoms with Gasteiger partial charge in [-0.2, -0.15) is 0 Å². The Balaban J connectivity index is 1.95. The second kappa shape index (κ2) is 4.53. The first-order chi connectivity index (χ1) is 8.75. The van der Waals surface area contributed by atoms with Crippen molar-refractivity contribution in [3.8, 4) is 0 Å². The summed E-state index contributed by atoms with van der Waals surface area (Å²) in [6, 6.07) is 9.54. The summed E-state index contributed by atoms with van der Waals surface area (Å²) in [5.41, 5.74) is 2.91. The third-order valence-electron chi connectivity index (χ3n) is 3.11. The number of carbonyl (C=O) groups is 1. The van der Waals surface area contributed by atoms with Crippen LogP contribution in [0.5, 0.6) is 0 Å². The summed E-state index contributed by atoms with van der Waals surface area (Å²) in [5, 5.41) is 0. The number of hydrogen-bond donors (Lipinski definition) is 0. The molecule has 1 aliphatic heterocycles. The van der Waals surface area contributed by atoms with Gasteiger partial charge in [-0.25, -0.2) is 0 Å². The lowest BCUT2D eigenvalue weighted by molar-refractivity contribution is 0.0989. The van der Waals surface area contributed by atoms with Crippen molar-refractivity contribution in [1.29, 1.82) is 0 Å². The van der Waals surface area contributed by atoms with Gasteiger partial charge in [0.2, 0.25) is 0 Å². The molecule has 1 amide bonds. The molecule has 0 saturated carbocycles. The van der Waals surface area contributed by atoms with E-state index in [0.29, 0.717) is 5.56 Å². The predicted octanol–water partition coefficient (Wildman–Crippen LogP) is 3.05. The van der Waals surface area contributed by atoms with Crippen LogP contribution in [0.25, 0.3) is 0 Å². The van der Waals surface area contributed by atoms with Crippen molar-refractivity contribution in [3.05, 3.63) is 58.3 Å². The summed E-state index contributed by atoms with van der Waals surface area (Å²) >= 11 is 3.46.